The quantitative estimate of drug-likeness (QED) is 0.906. The van der Waals surface area contributed by atoms with E-state index in [9.17, 15) is 4.79 Å². The molecule has 0 atom stereocenters. The number of anilines is 1. The lowest BCUT2D eigenvalue weighted by Crippen LogP contribution is -2.38. The fourth-order valence-electron chi connectivity index (χ4n) is 3.17. The third kappa shape index (κ3) is 3.82. The van der Waals surface area contributed by atoms with Crippen molar-refractivity contribution in [2.24, 2.45) is 0 Å². The summed E-state index contributed by atoms with van der Waals surface area (Å²) >= 11 is 1.81. The Kier molecular flexibility index (Phi) is 4.58. The van der Waals surface area contributed by atoms with Crippen LogP contribution in [0.3, 0.4) is 0 Å². The highest BCUT2D eigenvalue weighted by atomic mass is 32.1. The topological polar surface area (TPSA) is 58.1 Å². The van der Waals surface area contributed by atoms with E-state index in [1.807, 2.05) is 30.3 Å². The van der Waals surface area contributed by atoms with Gasteiger partial charge in [-0.1, -0.05) is 18.2 Å². The predicted molar refractivity (Wildman–Crippen MR) is 95.4 cm³/mol. The van der Waals surface area contributed by atoms with Crippen LogP contribution in [0.4, 0.5) is 5.69 Å². The van der Waals surface area contributed by atoms with E-state index in [2.05, 4.69) is 20.4 Å². The van der Waals surface area contributed by atoms with Crippen molar-refractivity contribution in [3.05, 3.63) is 40.3 Å². The van der Waals surface area contributed by atoms with Crippen molar-refractivity contribution < 1.29 is 4.79 Å². The van der Waals surface area contributed by atoms with Crippen LogP contribution in [-0.4, -0.2) is 40.6 Å². The molecule has 6 heteroatoms. The van der Waals surface area contributed by atoms with Crippen LogP contribution in [0.1, 0.15) is 47.5 Å². The van der Waals surface area contributed by atoms with E-state index in [0.717, 1.165) is 31.6 Å². The normalized spacial score (nSPS) is 19.3. The van der Waals surface area contributed by atoms with Gasteiger partial charge in [0.05, 0.1) is 6.54 Å². The molecule has 1 saturated carbocycles. The molecular formula is C18H22N4OS. The molecule has 1 saturated heterocycles. The number of benzene rings is 1. The average Bonchev–Trinajstić information content (AvgIpc) is 3.34. The zero-order chi connectivity index (χ0) is 16.4. The number of likely N-dealkylation sites (tertiary alicyclic amines) is 1. The van der Waals surface area contributed by atoms with Crippen LogP contribution in [0, 0.1) is 0 Å². The van der Waals surface area contributed by atoms with Crippen LogP contribution in [0.15, 0.2) is 30.3 Å². The number of carbonyl (C=O) groups is 1. The van der Waals surface area contributed by atoms with Gasteiger partial charge < -0.3 is 5.32 Å². The molecule has 1 aliphatic heterocycles. The maximum Gasteiger partial charge on any atom is 0.238 e. The zero-order valence-corrected chi connectivity index (χ0v) is 14.5. The molecule has 1 aromatic heterocycles. The molecule has 5 nitrogen and oxygen atoms in total. The maximum atomic E-state index is 12.1. The minimum atomic E-state index is 0.0617. The monoisotopic (exact) mass is 342 g/mol. The first-order valence-corrected chi connectivity index (χ1v) is 9.50. The first kappa shape index (κ1) is 15.7. The number of piperidine rings is 1. The molecule has 2 fully saturated rings. The van der Waals surface area contributed by atoms with Gasteiger partial charge >= 0.3 is 0 Å². The Labute approximate surface area is 146 Å². The summed E-state index contributed by atoms with van der Waals surface area (Å²) in [6.07, 6.45) is 4.70. The van der Waals surface area contributed by atoms with E-state index in [1.54, 1.807) is 11.3 Å². The Morgan fingerprint density at radius 2 is 1.67 bits per heavy atom. The van der Waals surface area contributed by atoms with Gasteiger partial charge in [-0.25, -0.2) is 0 Å². The number of hydrogen-bond donors (Lipinski definition) is 1. The van der Waals surface area contributed by atoms with Crippen molar-refractivity contribution in [1.29, 1.82) is 0 Å². The molecule has 0 bridgehead atoms. The fourth-order valence-corrected chi connectivity index (χ4v) is 4.35. The van der Waals surface area contributed by atoms with Gasteiger partial charge in [-0.15, -0.1) is 21.5 Å². The van der Waals surface area contributed by atoms with E-state index >= 15 is 0 Å². The highest BCUT2D eigenvalue weighted by Crippen LogP contribution is 2.43. The van der Waals surface area contributed by atoms with Gasteiger partial charge in [0, 0.05) is 17.5 Å². The van der Waals surface area contributed by atoms with E-state index in [4.69, 9.17) is 0 Å². The van der Waals surface area contributed by atoms with Gasteiger partial charge in [-0.2, -0.15) is 0 Å². The third-order valence-corrected chi connectivity index (χ3v) is 5.99. The summed E-state index contributed by atoms with van der Waals surface area (Å²) in [6.45, 7) is 2.36. The minimum absolute atomic E-state index is 0.0617. The van der Waals surface area contributed by atoms with E-state index in [0.29, 0.717) is 18.4 Å². The summed E-state index contributed by atoms with van der Waals surface area (Å²) in [5.41, 5.74) is 0.860. The van der Waals surface area contributed by atoms with Gasteiger partial charge in [-0.05, 0) is 50.9 Å². The lowest BCUT2D eigenvalue weighted by atomic mass is 9.98. The molecule has 4 rings (SSSR count). The van der Waals surface area contributed by atoms with Crippen molar-refractivity contribution in [3.8, 4) is 0 Å². The molecular weight excluding hydrogens is 320 g/mol. The third-order valence-electron chi connectivity index (χ3n) is 4.74. The van der Waals surface area contributed by atoms with Crippen LogP contribution in [0.5, 0.6) is 0 Å². The molecule has 0 unspecified atom stereocenters. The largest absolute Gasteiger partial charge is 0.325 e. The molecule has 1 aliphatic carbocycles. The molecule has 126 valence electrons. The zero-order valence-electron chi connectivity index (χ0n) is 13.6. The van der Waals surface area contributed by atoms with Crippen molar-refractivity contribution in [2.75, 3.05) is 25.0 Å². The molecule has 2 aromatic rings. The summed E-state index contributed by atoms with van der Waals surface area (Å²) in [5, 5.41) is 14.2. The predicted octanol–water partition coefficient (Wildman–Crippen LogP) is 3.23. The standard InChI is InChI=1S/C18H22N4OS/c23-16(19-15-4-2-1-3-5-15)12-22-10-8-14(9-11-22)18-21-20-17(24-18)13-6-7-13/h1-5,13-14H,6-12H2,(H,19,23). The second kappa shape index (κ2) is 6.99. The lowest BCUT2D eigenvalue weighted by Gasteiger charge is -2.30. The lowest BCUT2D eigenvalue weighted by molar-refractivity contribution is -0.117. The molecule has 1 aromatic carbocycles. The summed E-state index contributed by atoms with van der Waals surface area (Å²) in [5.74, 6) is 1.27. The summed E-state index contributed by atoms with van der Waals surface area (Å²) < 4.78 is 0. The first-order valence-electron chi connectivity index (χ1n) is 8.68. The minimum Gasteiger partial charge on any atom is -0.325 e. The smallest absolute Gasteiger partial charge is 0.238 e. The Bertz CT molecular complexity index is 690. The molecule has 24 heavy (non-hydrogen) atoms. The number of hydrogen-bond acceptors (Lipinski definition) is 5. The first-order chi connectivity index (χ1) is 11.8. The van der Waals surface area contributed by atoms with Crippen LogP contribution < -0.4 is 5.32 Å². The van der Waals surface area contributed by atoms with E-state index in [1.165, 1.54) is 22.9 Å². The number of nitrogens with one attached hydrogen (secondary N) is 1. The highest BCUT2D eigenvalue weighted by molar-refractivity contribution is 7.11. The number of amides is 1. The molecule has 1 amide bonds. The van der Waals surface area contributed by atoms with Crippen molar-refractivity contribution in [3.63, 3.8) is 0 Å². The molecule has 1 N–H and O–H groups in total. The Balaban J connectivity index is 1.25. The summed E-state index contributed by atoms with van der Waals surface area (Å²) in [7, 11) is 0. The maximum absolute atomic E-state index is 12.1. The Morgan fingerprint density at radius 3 is 2.29 bits per heavy atom. The second-order valence-electron chi connectivity index (χ2n) is 6.72. The average molecular weight is 342 g/mol. The van der Waals surface area contributed by atoms with E-state index < -0.39 is 0 Å². The highest BCUT2D eigenvalue weighted by Gasteiger charge is 2.30. The second-order valence-corrected chi connectivity index (χ2v) is 7.76. The van der Waals surface area contributed by atoms with Crippen LogP contribution in [0.25, 0.3) is 0 Å². The SMILES string of the molecule is O=C(CN1CCC(c2nnc(C3CC3)s2)CC1)Nc1ccccc1. The number of aromatic nitrogens is 2. The number of nitrogens with zero attached hydrogens (tertiary/aromatic N) is 3. The fraction of sp³-hybridized carbons (Fsp3) is 0.500. The number of carbonyl (C=O) groups excluding carboxylic acids is 1. The van der Waals surface area contributed by atoms with E-state index in [-0.39, 0.29) is 5.91 Å². The van der Waals surface area contributed by atoms with Crippen LogP contribution >= 0.6 is 11.3 Å². The van der Waals surface area contributed by atoms with Crippen molar-refractivity contribution >= 4 is 22.9 Å². The number of para-hydroxylation sites is 1. The van der Waals surface area contributed by atoms with Gasteiger partial charge in [0.2, 0.25) is 5.91 Å². The Hall–Kier alpha value is -1.79. The summed E-state index contributed by atoms with van der Waals surface area (Å²) in [6, 6.07) is 9.63. The van der Waals surface area contributed by atoms with Crippen molar-refractivity contribution in [2.45, 2.75) is 37.5 Å². The molecule has 0 spiro atoms. The van der Waals surface area contributed by atoms with Gasteiger partial charge in [0.25, 0.3) is 0 Å². The Morgan fingerprint density at radius 1 is 1.04 bits per heavy atom. The molecule has 2 aliphatic rings. The number of rotatable bonds is 5. The van der Waals surface area contributed by atoms with Gasteiger partial charge in [0.1, 0.15) is 10.0 Å². The van der Waals surface area contributed by atoms with Crippen LogP contribution in [0.2, 0.25) is 0 Å². The van der Waals surface area contributed by atoms with Crippen molar-refractivity contribution in [1.82, 2.24) is 15.1 Å². The van der Waals surface area contributed by atoms with Gasteiger partial charge in [0.15, 0.2) is 0 Å². The summed E-state index contributed by atoms with van der Waals surface area (Å²) in [4.78, 5) is 14.4. The van der Waals surface area contributed by atoms with Gasteiger partial charge in [-0.3, -0.25) is 9.69 Å². The van der Waals surface area contributed by atoms with Crippen LogP contribution in [-0.2, 0) is 4.79 Å². The molecule has 0 radical (unpaired) electrons. The molecule has 2 heterocycles.